The highest BCUT2D eigenvalue weighted by Crippen LogP contribution is 2.24. The van der Waals surface area contributed by atoms with Crippen LogP contribution >= 0.6 is 0 Å². The van der Waals surface area contributed by atoms with Crippen LogP contribution in [0.25, 0.3) is 0 Å². The average Bonchev–Trinajstić information content (AvgIpc) is 2.82. The fourth-order valence-electron chi connectivity index (χ4n) is 3.58. The molecule has 9 nitrogen and oxygen atoms in total. The number of anilines is 5. The SMILES string of the molecule is CC(C)NC(=O)c1ccccc1Nc1nc(Nc2ccc(N3CCN(C)CC3)nc2)ncc1F. The first-order valence-corrected chi connectivity index (χ1v) is 11.2. The number of para-hydroxylation sites is 1. The van der Waals surface area contributed by atoms with Crippen molar-refractivity contribution in [3.63, 3.8) is 0 Å². The van der Waals surface area contributed by atoms with Gasteiger partial charge in [0.15, 0.2) is 11.6 Å². The largest absolute Gasteiger partial charge is 0.354 e. The lowest BCUT2D eigenvalue weighted by atomic mass is 10.1. The standard InChI is InChI=1S/C24H29FN8O/c1-16(2)28-23(34)18-6-4-5-7-20(18)30-22-19(25)15-27-24(31-22)29-17-8-9-21(26-14-17)33-12-10-32(3)11-13-33/h4-9,14-16H,10-13H2,1-3H3,(H,28,34)(H2,27,29,30,31). The van der Waals surface area contributed by atoms with Crippen LogP contribution in [0.1, 0.15) is 24.2 Å². The van der Waals surface area contributed by atoms with E-state index < -0.39 is 5.82 Å². The van der Waals surface area contributed by atoms with E-state index in [9.17, 15) is 9.18 Å². The lowest BCUT2D eigenvalue weighted by Crippen LogP contribution is -2.44. The molecule has 3 aromatic rings. The van der Waals surface area contributed by atoms with Crippen LogP contribution in [-0.4, -0.2) is 65.0 Å². The lowest BCUT2D eigenvalue weighted by Gasteiger charge is -2.33. The molecule has 178 valence electrons. The molecular formula is C24H29FN8O. The van der Waals surface area contributed by atoms with Crippen LogP contribution in [0.2, 0.25) is 0 Å². The number of benzene rings is 1. The number of hydrogen-bond donors (Lipinski definition) is 3. The summed E-state index contributed by atoms with van der Waals surface area (Å²) in [7, 11) is 2.11. The van der Waals surface area contributed by atoms with Gasteiger partial charge in [0.25, 0.3) is 5.91 Å². The minimum atomic E-state index is -0.631. The van der Waals surface area contributed by atoms with Crippen molar-refractivity contribution in [2.45, 2.75) is 19.9 Å². The summed E-state index contributed by atoms with van der Waals surface area (Å²) >= 11 is 0. The van der Waals surface area contributed by atoms with Gasteiger partial charge in [0.2, 0.25) is 5.95 Å². The molecular weight excluding hydrogens is 435 g/mol. The molecule has 0 radical (unpaired) electrons. The van der Waals surface area contributed by atoms with Crippen molar-refractivity contribution in [2.24, 2.45) is 0 Å². The van der Waals surface area contributed by atoms with E-state index in [1.165, 1.54) is 0 Å². The number of piperazine rings is 1. The molecule has 0 unspecified atom stereocenters. The van der Waals surface area contributed by atoms with Gasteiger partial charge in [0.1, 0.15) is 5.82 Å². The van der Waals surface area contributed by atoms with Crippen LogP contribution in [0.4, 0.5) is 33.3 Å². The molecule has 0 aliphatic carbocycles. The van der Waals surface area contributed by atoms with E-state index >= 15 is 0 Å². The smallest absolute Gasteiger partial charge is 0.253 e. The normalized spacial score (nSPS) is 14.2. The van der Waals surface area contributed by atoms with E-state index in [1.807, 2.05) is 26.0 Å². The summed E-state index contributed by atoms with van der Waals surface area (Å²) < 4.78 is 14.5. The minimum absolute atomic E-state index is 0.0246. The molecule has 2 aromatic heterocycles. The molecule has 4 rings (SSSR count). The number of amides is 1. The highest BCUT2D eigenvalue weighted by Gasteiger charge is 2.16. The third kappa shape index (κ3) is 5.76. The highest BCUT2D eigenvalue weighted by molar-refractivity contribution is 6.00. The Labute approximate surface area is 198 Å². The van der Waals surface area contributed by atoms with Crippen molar-refractivity contribution in [2.75, 3.05) is 48.8 Å². The Hall–Kier alpha value is -3.79. The molecule has 1 fully saturated rings. The third-order valence-electron chi connectivity index (χ3n) is 5.42. The van der Waals surface area contributed by atoms with Crippen LogP contribution in [0.5, 0.6) is 0 Å². The molecule has 1 saturated heterocycles. The number of rotatable bonds is 7. The molecule has 10 heteroatoms. The second-order valence-electron chi connectivity index (χ2n) is 8.51. The summed E-state index contributed by atoms with van der Waals surface area (Å²) in [5.74, 6) is 0.203. The Morgan fingerprint density at radius 1 is 1.00 bits per heavy atom. The van der Waals surface area contributed by atoms with Gasteiger partial charge in [-0.25, -0.2) is 14.4 Å². The first kappa shape index (κ1) is 23.4. The molecule has 3 N–H and O–H groups in total. The number of nitrogens with one attached hydrogen (secondary N) is 3. The van der Waals surface area contributed by atoms with Gasteiger partial charge in [-0.2, -0.15) is 4.98 Å². The Balaban J connectivity index is 1.48. The molecule has 1 amide bonds. The average molecular weight is 465 g/mol. The maximum absolute atomic E-state index is 14.5. The van der Waals surface area contributed by atoms with Crippen LogP contribution < -0.4 is 20.9 Å². The van der Waals surface area contributed by atoms with Crippen molar-refractivity contribution in [3.05, 3.63) is 60.2 Å². The number of carbonyl (C=O) groups is 1. The number of likely N-dealkylation sites (N-methyl/N-ethyl adjacent to an activating group) is 1. The molecule has 0 saturated carbocycles. The van der Waals surface area contributed by atoms with E-state index in [0.29, 0.717) is 16.9 Å². The fraction of sp³-hybridized carbons (Fsp3) is 0.333. The van der Waals surface area contributed by atoms with Gasteiger partial charge in [0.05, 0.1) is 29.3 Å². The summed E-state index contributed by atoms with van der Waals surface area (Å²) in [6.07, 6.45) is 2.79. The zero-order valence-electron chi connectivity index (χ0n) is 19.5. The maximum atomic E-state index is 14.5. The highest BCUT2D eigenvalue weighted by atomic mass is 19.1. The first-order valence-electron chi connectivity index (χ1n) is 11.2. The Kier molecular flexibility index (Phi) is 7.17. The van der Waals surface area contributed by atoms with Gasteiger partial charge in [-0.3, -0.25) is 4.79 Å². The van der Waals surface area contributed by atoms with Crippen molar-refractivity contribution in [3.8, 4) is 0 Å². The third-order valence-corrected chi connectivity index (χ3v) is 5.42. The van der Waals surface area contributed by atoms with Crippen LogP contribution in [0, 0.1) is 5.82 Å². The van der Waals surface area contributed by atoms with Crippen molar-refractivity contribution >= 4 is 34.9 Å². The fourth-order valence-corrected chi connectivity index (χ4v) is 3.58. The van der Waals surface area contributed by atoms with E-state index in [1.54, 1.807) is 30.5 Å². The molecule has 1 aliphatic heterocycles. The van der Waals surface area contributed by atoms with Crippen LogP contribution in [0.15, 0.2) is 48.8 Å². The van der Waals surface area contributed by atoms with Gasteiger partial charge in [-0.15, -0.1) is 0 Å². The van der Waals surface area contributed by atoms with Crippen molar-refractivity contribution < 1.29 is 9.18 Å². The summed E-state index contributed by atoms with van der Waals surface area (Å²) in [6.45, 7) is 7.63. The Morgan fingerprint density at radius 3 is 2.47 bits per heavy atom. The number of halogens is 1. The number of pyridine rings is 1. The first-order chi connectivity index (χ1) is 16.4. The van der Waals surface area contributed by atoms with Crippen molar-refractivity contribution in [1.82, 2.24) is 25.2 Å². The number of hydrogen-bond acceptors (Lipinski definition) is 8. The van der Waals surface area contributed by atoms with E-state index in [4.69, 9.17) is 0 Å². The minimum Gasteiger partial charge on any atom is -0.354 e. The second kappa shape index (κ2) is 10.4. The van der Waals surface area contributed by atoms with Gasteiger partial charge >= 0.3 is 0 Å². The summed E-state index contributed by atoms with van der Waals surface area (Å²) in [6, 6.07) is 10.7. The van der Waals surface area contributed by atoms with E-state index in [0.717, 1.165) is 38.2 Å². The van der Waals surface area contributed by atoms with Gasteiger partial charge in [-0.05, 0) is 45.2 Å². The predicted octanol–water partition coefficient (Wildman–Crippen LogP) is 3.39. The van der Waals surface area contributed by atoms with Crippen LogP contribution in [0.3, 0.4) is 0 Å². The molecule has 0 atom stereocenters. The maximum Gasteiger partial charge on any atom is 0.253 e. The molecule has 0 spiro atoms. The van der Waals surface area contributed by atoms with Crippen molar-refractivity contribution in [1.29, 1.82) is 0 Å². The second-order valence-corrected chi connectivity index (χ2v) is 8.51. The lowest BCUT2D eigenvalue weighted by molar-refractivity contribution is 0.0944. The quantitative estimate of drug-likeness (QED) is 0.490. The van der Waals surface area contributed by atoms with Gasteiger partial charge in [-0.1, -0.05) is 12.1 Å². The van der Waals surface area contributed by atoms with Gasteiger partial charge in [0, 0.05) is 32.2 Å². The van der Waals surface area contributed by atoms with Crippen LogP contribution in [-0.2, 0) is 0 Å². The summed E-state index contributed by atoms with van der Waals surface area (Å²) in [5, 5.41) is 8.83. The van der Waals surface area contributed by atoms with E-state index in [2.05, 4.69) is 47.7 Å². The van der Waals surface area contributed by atoms with E-state index in [-0.39, 0.29) is 23.7 Å². The molecule has 1 aliphatic rings. The van der Waals surface area contributed by atoms with Gasteiger partial charge < -0.3 is 25.8 Å². The number of nitrogens with zero attached hydrogens (tertiary/aromatic N) is 5. The molecule has 0 bridgehead atoms. The molecule has 1 aromatic carbocycles. The molecule has 3 heterocycles. The predicted molar refractivity (Wildman–Crippen MR) is 132 cm³/mol. The monoisotopic (exact) mass is 464 g/mol. The Bertz CT molecular complexity index is 1130. The number of carbonyl (C=O) groups excluding carboxylic acids is 1. The summed E-state index contributed by atoms with van der Waals surface area (Å²) in [5.41, 5.74) is 1.53. The topological polar surface area (TPSA) is 98.3 Å². The zero-order valence-corrected chi connectivity index (χ0v) is 19.5. The Morgan fingerprint density at radius 2 is 1.76 bits per heavy atom. The number of aromatic nitrogens is 3. The molecule has 34 heavy (non-hydrogen) atoms. The summed E-state index contributed by atoms with van der Waals surface area (Å²) in [4.78, 5) is 29.9. The zero-order chi connectivity index (χ0) is 24.1.